The van der Waals surface area contributed by atoms with Crippen LogP contribution in [0, 0.1) is 5.92 Å². The van der Waals surface area contributed by atoms with E-state index in [-0.39, 0.29) is 18.1 Å². The van der Waals surface area contributed by atoms with E-state index >= 15 is 0 Å². The highest BCUT2D eigenvalue weighted by atomic mass is 16.7. The average molecular weight is 360 g/mol. The van der Waals surface area contributed by atoms with E-state index in [1.165, 1.54) is 5.56 Å². The Kier molecular flexibility index (Phi) is 5.88. The fourth-order valence-corrected chi connectivity index (χ4v) is 4.41. The van der Waals surface area contributed by atoms with Crippen LogP contribution in [-0.4, -0.2) is 48.7 Å². The second-order valence-corrected chi connectivity index (χ2v) is 7.95. The fourth-order valence-electron chi connectivity index (χ4n) is 4.41. The van der Waals surface area contributed by atoms with Gasteiger partial charge >= 0.3 is 0 Å². The fraction of sp³-hybridized carbons (Fsp3) is 0.636. The molecule has 0 bridgehead atoms. The Morgan fingerprint density at radius 3 is 2.58 bits per heavy atom. The molecule has 0 saturated carbocycles. The summed E-state index contributed by atoms with van der Waals surface area (Å²) in [4.78, 5) is 2.44. The molecule has 3 rings (SSSR count). The van der Waals surface area contributed by atoms with Crippen LogP contribution in [0.25, 0.3) is 0 Å². The standard InChI is InChI=1S/C22H33NO3/c1-6-13-21(3)22(4,24-5)25-19-16-23(14-17-11-9-8-10-12-17)15-18(7-2)20(19)26-21/h7-12,18-20H,2,6,13-16H2,1,3-5H3/t18-,19+,20+,21+,22-/m0/s1. The van der Waals surface area contributed by atoms with E-state index in [4.69, 9.17) is 14.2 Å². The summed E-state index contributed by atoms with van der Waals surface area (Å²) in [6.07, 6.45) is 3.96. The van der Waals surface area contributed by atoms with Crippen LogP contribution in [0.15, 0.2) is 43.0 Å². The van der Waals surface area contributed by atoms with E-state index in [1.807, 2.05) is 13.0 Å². The van der Waals surface area contributed by atoms with Gasteiger partial charge in [0.05, 0.1) is 6.10 Å². The molecular formula is C22H33NO3. The highest BCUT2D eigenvalue weighted by molar-refractivity contribution is 5.15. The predicted molar refractivity (Wildman–Crippen MR) is 104 cm³/mol. The summed E-state index contributed by atoms with van der Waals surface area (Å²) in [6.45, 7) is 13.1. The molecule has 0 amide bonds. The van der Waals surface area contributed by atoms with E-state index in [1.54, 1.807) is 7.11 Å². The maximum absolute atomic E-state index is 6.68. The van der Waals surface area contributed by atoms with Gasteiger partial charge in [-0.05, 0) is 25.8 Å². The quantitative estimate of drug-likeness (QED) is 0.718. The number of methoxy groups -OCH3 is 1. The van der Waals surface area contributed by atoms with Gasteiger partial charge in [-0.3, -0.25) is 4.90 Å². The number of hydrogen-bond acceptors (Lipinski definition) is 4. The number of nitrogens with zero attached hydrogens (tertiary/aromatic N) is 1. The minimum Gasteiger partial charge on any atom is -0.363 e. The van der Waals surface area contributed by atoms with Gasteiger partial charge in [0.2, 0.25) is 0 Å². The van der Waals surface area contributed by atoms with Gasteiger partial charge in [-0.1, -0.05) is 49.8 Å². The molecule has 0 unspecified atom stereocenters. The molecule has 2 saturated heterocycles. The van der Waals surface area contributed by atoms with Crippen LogP contribution in [-0.2, 0) is 20.8 Å². The molecule has 0 aliphatic carbocycles. The normalized spacial score (nSPS) is 37.9. The van der Waals surface area contributed by atoms with E-state index in [0.717, 1.165) is 32.5 Å². The minimum atomic E-state index is -0.744. The number of rotatable bonds is 6. The Morgan fingerprint density at radius 2 is 1.96 bits per heavy atom. The van der Waals surface area contributed by atoms with Crippen LogP contribution in [0.3, 0.4) is 0 Å². The van der Waals surface area contributed by atoms with E-state index < -0.39 is 11.4 Å². The van der Waals surface area contributed by atoms with Crippen LogP contribution in [0.5, 0.6) is 0 Å². The van der Waals surface area contributed by atoms with Crippen LogP contribution in [0.2, 0.25) is 0 Å². The van der Waals surface area contributed by atoms with Gasteiger partial charge in [-0.25, -0.2) is 0 Å². The smallest absolute Gasteiger partial charge is 0.194 e. The third-order valence-electron chi connectivity index (χ3n) is 6.10. The van der Waals surface area contributed by atoms with Crippen molar-refractivity contribution in [3.8, 4) is 0 Å². The molecule has 0 spiro atoms. The minimum absolute atomic E-state index is 0.0228. The van der Waals surface area contributed by atoms with E-state index in [2.05, 4.69) is 55.7 Å². The first-order valence-corrected chi connectivity index (χ1v) is 9.74. The molecule has 1 aromatic rings. The van der Waals surface area contributed by atoms with Crippen molar-refractivity contribution in [3.63, 3.8) is 0 Å². The topological polar surface area (TPSA) is 30.9 Å². The molecule has 2 aliphatic rings. The van der Waals surface area contributed by atoms with Crippen LogP contribution in [0.1, 0.15) is 39.2 Å². The number of fused-ring (bicyclic) bond motifs is 1. The number of hydrogen-bond donors (Lipinski definition) is 0. The molecule has 0 N–H and O–H groups in total. The molecule has 144 valence electrons. The Labute approximate surface area is 158 Å². The third kappa shape index (κ3) is 3.61. The lowest BCUT2D eigenvalue weighted by molar-refractivity contribution is -0.397. The molecule has 2 heterocycles. The zero-order chi connectivity index (χ0) is 18.8. The molecule has 5 atom stereocenters. The van der Waals surface area contributed by atoms with E-state index in [9.17, 15) is 0 Å². The number of ether oxygens (including phenoxy) is 3. The van der Waals surface area contributed by atoms with Gasteiger partial charge in [0.1, 0.15) is 11.7 Å². The summed E-state index contributed by atoms with van der Waals surface area (Å²) >= 11 is 0. The van der Waals surface area contributed by atoms with Gasteiger partial charge in [0, 0.05) is 32.7 Å². The summed E-state index contributed by atoms with van der Waals surface area (Å²) < 4.78 is 19.1. The van der Waals surface area contributed by atoms with Crippen molar-refractivity contribution in [2.45, 2.75) is 63.8 Å². The molecular weight excluding hydrogens is 326 g/mol. The molecule has 1 aromatic carbocycles. The van der Waals surface area contributed by atoms with Crippen LogP contribution in [0.4, 0.5) is 0 Å². The summed E-state index contributed by atoms with van der Waals surface area (Å²) in [6, 6.07) is 10.6. The highest BCUT2D eigenvalue weighted by Gasteiger charge is 2.57. The van der Waals surface area contributed by atoms with Crippen molar-refractivity contribution in [2.75, 3.05) is 20.2 Å². The maximum Gasteiger partial charge on any atom is 0.194 e. The lowest BCUT2D eigenvalue weighted by atomic mass is 9.84. The van der Waals surface area contributed by atoms with Crippen molar-refractivity contribution in [1.82, 2.24) is 4.90 Å². The molecule has 4 nitrogen and oxygen atoms in total. The van der Waals surface area contributed by atoms with Crippen molar-refractivity contribution < 1.29 is 14.2 Å². The number of benzene rings is 1. The molecule has 0 radical (unpaired) electrons. The maximum atomic E-state index is 6.68. The highest BCUT2D eigenvalue weighted by Crippen LogP contribution is 2.44. The van der Waals surface area contributed by atoms with Gasteiger partial charge in [-0.2, -0.15) is 0 Å². The first-order valence-electron chi connectivity index (χ1n) is 9.74. The molecule has 2 fully saturated rings. The Bertz CT molecular complexity index is 607. The van der Waals surface area contributed by atoms with Crippen molar-refractivity contribution in [2.24, 2.45) is 5.92 Å². The summed E-state index contributed by atoms with van der Waals surface area (Å²) in [5.74, 6) is -0.499. The third-order valence-corrected chi connectivity index (χ3v) is 6.10. The van der Waals surface area contributed by atoms with Crippen molar-refractivity contribution >= 4 is 0 Å². The van der Waals surface area contributed by atoms with Crippen LogP contribution < -0.4 is 0 Å². The molecule has 0 aromatic heterocycles. The first-order chi connectivity index (χ1) is 12.4. The Morgan fingerprint density at radius 1 is 1.23 bits per heavy atom. The Balaban J connectivity index is 1.80. The number of piperidine rings is 1. The second-order valence-electron chi connectivity index (χ2n) is 7.95. The second kappa shape index (κ2) is 7.81. The largest absolute Gasteiger partial charge is 0.363 e. The van der Waals surface area contributed by atoms with E-state index in [0.29, 0.717) is 0 Å². The lowest BCUT2D eigenvalue weighted by Crippen LogP contribution is -2.69. The van der Waals surface area contributed by atoms with Gasteiger partial charge in [0.25, 0.3) is 0 Å². The van der Waals surface area contributed by atoms with Gasteiger partial charge in [0.15, 0.2) is 5.79 Å². The SMILES string of the molecule is C=C[C@H]1CN(Cc2ccccc2)C[C@H]2O[C@](C)(OC)[C@@](C)(CCC)O[C@H]12. The zero-order valence-electron chi connectivity index (χ0n) is 16.6. The predicted octanol–water partition coefficient (Wildman–Crippen LogP) is 4.01. The monoisotopic (exact) mass is 359 g/mol. The summed E-state index contributed by atoms with van der Waals surface area (Å²) in [5, 5.41) is 0. The number of likely N-dealkylation sites (tertiary alicyclic amines) is 1. The van der Waals surface area contributed by atoms with Gasteiger partial charge < -0.3 is 14.2 Å². The Hall–Kier alpha value is -1.20. The molecule has 4 heteroatoms. The summed E-state index contributed by atoms with van der Waals surface area (Å²) in [7, 11) is 1.72. The molecule has 2 aliphatic heterocycles. The van der Waals surface area contributed by atoms with Crippen molar-refractivity contribution in [1.29, 1.82) is 0 Å². The lowest BCUT2D eigenvalue weighted by Gasteiger charge is -2.57. The van der Waals surface area contributed by atoms with Crippen LogP contribution >= 0.6 is 0 Å². The van der Waals surface area contributed by atoms with Crippen molar-refractivity contribution in [3.05, 3.63) is 48.6 Å². The average Bonchev–Trinajstić information content (AvgIpc) is 2.63. The molecule has 26 heavy (non-hydrogen) atoms. The van der Waals surface area contributed by atoms with Gasteiger partial charge in [-0.15, -0.1) is 6.58 Å². The zero-order valence-corrected chi connectivity index (χ0v) is 16.6. The first kappa shape index (κ1) is 19.6. The summed E-state index contributed by atoms with van der Waals surface area (Å²) in [5.41, 5.74) is 0.858.